The molecule has 0 saturated heterocycles. The Balaban J connectivity index is 2.20. The largest absolute Gasteiger partial charge is 0.478 e. The van der Waals surface area contributed by atoms with Gasteiger partial charge in [0.2, 0.25) is 0 Å². The lowest BCUT2D eigenvalue weighted by Crippen LogP contribution is -2.04. The second kappa shape index (κ2) is 6.11. The van der Waals surface area contributed by atoms with Crippen LogP contribution in [0.25, 0.3) is 0 Å². The smallest absolute Gasteiger partial charge is 0.335 e. The van der Waals surface area contributed by atoms with Crippen molar-refractivity contribution in [1.29, 1.82) is 0 Å². The van der Waals surface area contributed by atoms with Crippen LogP contribution < -0.4 is 5.32 Å². The molecular weight excluding hydrogens is 304 g/mol. The van der Waals surface area contributed by atoms with Crippen molar-refractivity contribution >= 4 is 34.9 Å². The van der Waals surface area contributed by atoms with Gasteiger partial charge in [0.15, 0.2) is 0 Å². The molecule has 3 nitrogen and oxygen atoms in total. The first-order valence-corrected chi connectivity index (χ1v) is 6.44. The molecule has 0 atom stereocenters. The Morgan fingerprint density at radius 1 is 1.25 bits per heavy atom. The minimum Gasteiger partial charge on any atom is -0.478 e. The first-order chi connectivity index (χ1) is 9.49. The number of hydrogen-bond donors (Lipinski definition) is 2. The van der Waals surface area contributed by atoms with Crippen LogP contribution in [0.5, 0.6) is 0 Å². The fraction of sp³-hybridized carbons (Fsp3) is 0.0714. The van der Waals surface area contributed by atoms with E-state index in [2.05, 4.69) is 5.32 Å². The molecule has 0 heterocycles. The summed E-state index contributed by atoms with van der Waals surface area (Å²) in [5.74, 6) is -1.65. The van der Waals surface area contributed by atoms with Gasteiger partial charge in [-0.15, -0.1) is 0 Å². The van der Waals surface area contributed by atoms with Crippen LogP contribution in [0.15, 0.2) is 36.4 Å². The summed E-state index contributed by atoms with van der Waals surface area (Å²) in [6.07, 6.45) is 0. The van der Waals surface area contributed by atoms with Gasteiger partial charge in [0.05, 0.1) is 21.3 Å². The van der Waals surface area contributed by atoms with Crippen LogP contribution in [0.2, 0.25) is 10.0 Å². The predicted molar refractivity (Wildman–Crippen MR) is 77.1 cm³/mol. The van der Waals surface area contributed by atoms with Gasteiger partial charge in [-0.05, 0) is 29.8 Å². The number of halogens is 3. The second-order valence-corrected chi connectivity index (χ2v) is 4.85. The summed E-state index contributed by atoms with van der Waals surface area (Å²) in [6.45, 7) is 0.236. The van der Waals surface area contributed by atoms with Crippen molar-refractivity contribution < 1.29 is 14.3 Å². The standard InChI is InChI=1S/C14H10Cl2FNO2/c15-10-3-1-2-9(13(10)16)7-18-12-6-8(14(19)20)4-5-11(12)17/h1-6,18H,7H2,(H,19,20). The van der Waals surface area contributed by atoms with Crippen LogP contribution in [-0.2, 0) is 6.54 Å². The molecule has 0 aromatic heterocycles. The summed E-state index contributed by atoms with van der Waals surface area (Å²) in [4.78, 5) is 10.8. The molecule has 104 valence electrons. The quantitative estimate of drug-likeness (QED) is 0.877. The zero-order valence-electron chi connectivity index (χ0n) is 10.2. The van der Waals surface area contributed by atoms with Crippen LogP contribution in [0.1, 0.15) is 15.9 Å². The van der Waals surface area contributed by atoms with Gasteiger partial charge in [-0.3, -0.25) is 0 Å². The Labute approximate surface area is 124 Å². The van der Waals surface area contributed by atoms with E-state index >= 15 is 0 Å². The van der Waals surface area contributed by atoms with Gasteiger partial charge in [0.25, 0.3) is 0 Å². The fourth-order valence-corrected chi connectivity index (χ4v) is 2.06. The van der Waals surface area contributed by atoms with Crippen molar-refractivity contribution in [3.8, 4) is 0 Å². The maximum Gasteiger partial charge on any atom is 0.335 e. The van der Waals surface area contributed by atoms with Gasteiger partial charge in [-0.2, -0.15) is 0 Å². The molecule has 2 aromatic rings. The Morgan fingerprint density at radius 2 is 2.00 bits per heavy atom. The average Bonchev–Trinajstić information content (AvgIpc) is 2.41. The number of rotatable bonds is 4. The lowest BCUT2D eigenvalue weighted by molar-refractivity contribution is 0.0697. The van der Waals surface area contributed by atoms with E-state index in [1.807, 2.05) is 0 Å². The summed E-state index contributed by atoms with van der Waals surface area (Å²) in [6, 6.07) is 8.67. The number of hydrogen-bond acceptors (Lipinski definition) is 2. The van der Waals surface area contributed by atoms with E-state index in [-0.39, 0.29) is 17.8 Å². The zero-order chi connectivity index (χ0) is 14.7. The number of nitrogens with one attached hydrogen (secondary N) is 1. The van der Waals surface area contributed by atoms with Crippen LogP contribution in [-0.4, -0.2) is 11.1 Å². The fourth-order valence-electron chi connectivity index (χ4n) is 1.67. The SMILES string of the molecule is O=C(O)c1ccc(F)c(NCc2cccc(Cl)c2Cl)c1. The van der Waals surface area contributed by atoms with E-state index < -0.39 is 11.8 Å². The lowest BCUT2D eigenvalue weighted by Gasteiger charge is -2.10. The molecule has 0 radical (unpaired) electrons. The van der Waals surface area contributed by atoms with Crippen molar-refractivity contribution in [2.45, 2.75) is 6.54 Å². The maximum atomic E-state index is 13.6. The third-order valence-electron chi connectivity index (χ3n) is 2.71. The topological polar surface area (TPSA) is 49.3 Å². The van der Waals surface area contributed by atoms with E-state index in [1.54, 1.807) is 18.2 Å². The first-order valence-electron chi connectivity index (χ1n) is 5.68. The summed E-state index contributed by atoms with van der Waals surface area (Å²) < 4.78 is 13.6. The molecule has 20 heavy (non-hydrogen) atoms. The molecule has 0 spiro atoms. The first kappa shape index (κ1) is 14.6. The van der Waals surface area contributed by atoms with E-state index in [9.17, 15) is 9.18 Å². The van der Waals surface area contributed by atoms with E-state index in [4.69, 9.17) is 28.3 Å². The van der Waals surface area contributed by atoms with Crippen LogP contribution in [0.4, 0.5) is 10.1 Å². The number of anilines is 1. The molecule has 0 bridgehead atoms. The molecule has 2 aromatic carbocycles. The Kier molecular flexibility index (Phi) is 4.47. The maximum absolute atomic E-state index is 13.6. The zero-order valence-corrected chi connectivity index (χ0v) is 11.7. The number of benzene rings is 2. The third kappa shape index (κ3) is 3.21. The van der Waals surface area contributed by atoms with Crippen molar-refractivity contribution in [1.82, 2.24) is 0 Å². The molecular formula is C14H10Cl2FNO2. The number of carboxylic acid groups (broad SMARTS) is 1. The monoisotopic (exact) mass is 313 g/mol. The van der Waals surface area contributed by atoms with Crippen LogP contribution >= 0.6 is 23.2 Å². The normalized spacial score (nSPS) is 10.3. The summed E-state index contributed by atoms with van der Waals surface area (Å²) >= 11 is 11.9. The lowest BCUT2D eigenvalue weighted by atomic mass is 10.1. The minimum atomic E-state index is -1.12. The Morgan fingerprint density at radius 3 is 2.70 bits per heavy atom. The molecule has 0 amide bonds. The van der Waals surface area contributed by atoms with Gasteiger partial charge < -0.3 is 10.4 Å². The van der Waals surface area contributed by atoms with Gasteiger partial charge in [0, 0.05) is 6.54 Å². The second-order valence-electron chi connectivity index (χ2n) is 4.07. The summed E-state index contributed by atoms with van der Waals surface area (Å²) in [7, 11) is 0. The van der Waals surface area contributed by atoms with Crippen LogP contribution in [0.3, 0.4) is 0 Å². The minimum absolute atomic E-state index is 0.00564. The Bertz CT molecular complexity index is 662. The van der Waals surface area contributed by atoms with Crippen molar-refractivity contribution in [2.75, 3.05) is 5.32 Å². The number of aromatic carboxylic acids is 1. The molecule has 0 aliphatic heterocycles. The van der Waals surface area contributed by atoms with Crippen LogP contribution in [0, 0.1) is 5.82 Å². The molecule has 0 aliphatic rings. The third-order valence-corrected chi connectivity index (χ3v) is 3.57. The molecule has 0 aliphatic carbocycles. The molecule has 0 unspecified atom stereocenters. The molecule has 0 saturated carbocycles. The number of carboxylic acids is 1. The average molecular weight is 314 g/mol. The van der Waals surface area contributed by atoms with Crippen molar-refractivity contribution in [2.24, 2.45) is 0 Å². The highest BCUT2D eigenvalue weighted by Crippen LogP contribution is 2.26. The van der Waals surface area contributed by atoms with E-state index in [0.717, 1.165) is 6.07 Å². The highest BCUT2D eigenvalue weighted by molar-refractivity contribution is 6.42. The van der Waals surface area contributed by atoms with Crippen molar-refractivity contribution in [3.05, 3.63) is 63.4 Å². The van der Waals surface area contributed by atoms with Gasteiger partial charge in [-0.1, -0.05) is 35.3 Å². The van der Waals surface area contributed by atoms with Gasteiger partial charge >= 0.3 is 5.97 Å². The van der Waals surface area contributed by atoms with E-state index in [0.29, 0.717) is 15.6 Å². The van der Waals surface area contributed by atoms with Gasteiger partial charge in [0.1, 0.15) is 5.82 Å². The highest BCUT2D eigenvalue weighted by Gasteiger charge is 2.09. The highest BCUT2D eigenvalue weighted by atomic mass is 35.5. The van der Waals surface area contributed by atoms with Gasteiger partial charge in [-0.25, -0.2) is 9.18 Å². The molecule has 6 heteroatoms. The van der Waals surface area contributed by atoms with Crippen molar-refractivity contribution in [3.63, 3.8) is 0 Å². The predicted octanol–water partition coefficient (Wildman–Crippen LogP) is 4.44. The van der Waals surface area contributed by atoms with E-state index in [1.165, 1.54) is 12.1 Å². The summed E-state index contributed by atoms with van der Waals surface area (Å²) in [5.41, 5.74) is 0.798. The molecule has 2 N–H and O–H groups in total. The molecule has 0 fully saturated rings. The summed E-state index contributed by atoms with van der Waals surface area (Å²) in [5, 5.41) is 12.5. The molecule has 2 rings (SSSR count). The number of carbonyl (C=O) groups is 1. The Hall–Kier alpha value is -1.78.